The molecule has 1 heteroatoms. The molecule has 2 rings (SSSR count). The summed E-state index contributed by atoms with van der Waals surface area (Å²) in [5.41, 5.74) is 5.31. The van der Waals surface area contributed by atoms with Gasteiger partial charge in [0.1, 0.15) is 0 Å². The monoisotopic (exact) mass is 253 g/mol. The number of nitrogens with one attached hydrogen (secondary N) is 1. The summed E-state index contributed by atoms with van der Waals surface area (Å²) in [7, 11) is 0. The topological polar surface area (TPSA) is 12.0 Å². The Morgan fingerprint density at radius 2 is 1.68 bits per heavy atom. The molecule has 0 saturated heterocycles. The molecule has 2 aromatic rings. The molecular formula is C18H23N. The van der Waals surface area contributed by atoms with Crippen LogP contribution < -0.4 is 5.32 Å². The van der Waals surface area contributed by atoms with Gasteiger partial charge in [-0.25, -0.2) is 0 Å². The van der Waals surface area contributed by atoms with E-state index in [1.807, 2.05) is 0 Å². The minimum Gasteiger partial charge on any atom is -0.310 e. The first-order chi connectivity index (χ1) is 9.22. The smallest absolute Gasteiger partial charge is 0.0297 e. The van der Waals surface area contributed by atoms with Crippen molar-refractivity contribution < 1.29 is 0 Å². The largest absolute Gasteiger partial charge is 0.310 e. The molecule has 0 bridgehead atoms. The summed E-state index contributed by atoms with van der Waals surface area (Å²) in [5, 5.41) is 3.57. The SMILES string of the molecule is CCCNC(C)c1ccccc1-c1ccc(C)cc1. The zero-order chi connectivity index (χ0) is 13.7. The molecule has 1 atom stereocenters. The third kappa shape index (κ3) is 3.45. The summed E-state index contributed by atoms with van der Waals surface area (Å²) in [6.07, 6.45) is 1.16. The van der Waals surface area contributed by atoms with Crippen molar-refractivity contribution in [3.8, 4) is 11.1 Å². The lowest BCUT2D eigenvalue weighted by molar-refractivity contribution is 0.572. The lowest BCUT2D eigenvalue weighted by Crippen LogP contribution is -2.19. The third-order valence-electron chi connectivity index (χ3n) is 3.49. The molecule has 0 aromatic heterocycles. The van der Waals surface area contributed by atoms with Gasteiger partial charge in [-0.2, -0.15) is 0 Å². The van der Waals surface area contributed by atoms with Crippen molar-refractivity contribution in [1.82, 2.24) is 5.32 Å². The highest BCUT2D eigenvalue weighted by Crippen LogP contribution is 2.28. The third-order valence-corrected chi connectivity index (χ3v) is 3.49. The predicted molar refractivity (Wildman–Crippen MR) is 83.3 cm³/mol. The normalized spacial score (nSPS) is 12.4. The van der Waals surface area contributed by atoms with E-state index in [1.165, 1.54) is 22.3 Å². The standard InChI is InChI=1S/C18H23N/c1-4-13-19-15(3)17-7-5-6-8-18(17)16-11-9-14(2)10-12-16/h5-12,15,19H,4,13H2,1-3H3. The van der Waals surface area contributed by atoms with Gasteiger partial charge in [0.15, 0.2) is 0 Å². The molecule has 100 valence electrons. The van der Waals surface area contributed by atoms with Gasteiger partial charge in [0.05, 0.1) is 0 Å². The summed E-state index contributed by atoms with van der Waals surface area (Å²) in [5.74, 6) is 0. The van der Waals surface area contributed by atoms with E-state index in [9.17, 15) is 0 Å². The Morgan fingerprint density at radius 3 is 2.37 bits per heavy atom. The van der Waals surface area contributed by atoms with Gasteiger partial charge >= 0.3 is 0 Å². The van der Waals surface area contributed by atoms with Crippen LogP contribution in [0, 0.1) is 6.92 Å². The maximum atomic E-state index is 3.57. The predicted octanol–water partition coefficient (Wildman–Crippen LogP) is 4.72. The van der Waals surface area contributed by atoms with E-state index < -0.39 is 0 Å². The van der Waals surface area contributed by atoms with Gasteiger partial charge in [0.25, 0.3) is 0 Å². The maximum absolute atomic E-state index is 3.57. The van der Waals surface area contributed by atoms with Crippen molar-refractivity contribution in [1.29, 1.82) is 0 Å². The lowest BCUT2D eigenvalue weighted by atomic mass is 9.95. The van der Waals surface area contributed by atoms with E-state index in [-0.39, 0.29) is 0 Å². The first-order valence-electron chi connectivity index (χ1n) is 7.11. The molecule has 2 aromatic carbocycles. The van der Waals surface area contributed by atoms with Gasteiger partial charge in [0, 0.05) is 6.04 Å². The van der Waals surface area contributed by atoms with E-state index in [0.29, 0.717) is 6.04 Å². The van der Waals surface area contributed by atoms with Crippen molar-refractivity contribution in [2.45, 2.75) is 33.2 Å². The molecule has 0 heterocycles. The number of rotatable bonds is 5. The van der Waals surface area contributed by atoms with E-state index in [1.54, 1.807) is 0 Å². The Labute approximate surface area is 116 Å². The molecule has 0 aliphatic heterocycles. The fraction of sp³-hybridized carbons (Fsp3) is 0.333. The molecule has 1 unspecified atom stereocenters. The minimum absolute atomic E-state index is 0.387. The number of hydrogen-bond donors (Lipinski definition) is 1. The van der Waals surface area contributed by atoms with Crippen LogP contribution in [0.2, 0.25) is 0 Å². The van der Waals surface area contributed by atoms with Crippen molar-refractivity contribution in [2.75, 3.05) is 6.54 Å². The van der Waals surface area contributed by atoms with Crippen LogP contribution in [0.25, 0.3) is 11.1 Å². The minimum atomic E-state index is 0.387. The second kappa shape index (κ2) is 6.53. The Hall–Kier alpha value is -1.60. The van der Waals surface area contributed by atoms with E-state index in [4.69, 9.17) is 0 Å². The van der Waals surface area contributed by atoms with Crippen LogP contribution in [0.4, 0.5) is 0 Å². The Balaban J connectivity index is 2.32. The molecule has 0 amide bonds. The molecular weight excluding hydrogens is 230 g/mol. The zero-order valence-corrected chi connectivity index (χ0v) is 12.1. The second-order valence-electron chi connectivity index (χ2n) is 5.13. The zero-order valence-electron chi connectivity index (χ0n) is 12.1. The van der Waals surface area contributed by atoms with Crippen LogP contribution in [0.1, 0.15) is 37.4 Å². The van der Waals surface area contributed by atoms with Gasteiger partial charge in [-0.3, -0.25) is 0 Å². The van der Waals surface area contributed by atoms with Gasteiger partial charge in [-0.1, -0.05) is 61.0 Å². The molecule has 1 N–H and O–H groups in total. The molecule has 1 nitrogen and oxygen atoms in total. The number of hydrogen-bond acceptors (Lipinski definition) is 1. The highest BCUT2D eigenvalue weighted by molar-refractivity contribution is 5.68. The van der Waals surface area contributed by atoms with Crippen LogP contribution in [0.15, 0.2) is 48.5 Å². The summed E-state index contributed by atoms with van der Waals surface area (Å²) in [4.78, 5) is 0. The second-order valence-corrected chi connectivity index (χ2v) is 5.13. The van der Waals surface area contributed by atoms with Crippen LogP contribution >= 0.6 is 0 Å². The van der Waals surface area contributed by atoms with E-state index >= 15 is 0 Å². The van der Waals surface area contributed by atoms with Crippen LogP contribution in [-0.4, -0.2) is 6.54 Å². The highest BCUT2D eigenvalue weighted by Gasteiger charge is 2.10. The Kier molecular flexibility index (Phi) is 4.75. The molecule has 0 fully saturated rings. The highest BCUT2D eigenvalue weighted by atomic mass is 14.9. The molecule has 0 aliphatic rings. The Morgan fingerprint density at radius 1 is 1.00 bits per heavy atom. The summed E-state index contributed by atoms with van der Waals surface area (Å²) in [6.45, 7) is 7.62. The molecule has 19 heavy (non-hydrogen) atoms. The average molecular weight is 253 g/mol. The Bertz CT molecular complexity index is 513. The van der Waals surface area contributed by atoms with Gasteiger partial charge in [-0.15, -0.1) is 0 Å². The molecule has 0 radical (unpaired) electrons. The first-order valence-corrected chi connectivity index (χ1v) is 7.11. The molecule has 0 spiro atoms. The van der Waals surface area contributed by atoms with E-state index in [2.05, 4.69) is 74.6 Å². The van der Waals surface area contributed by atoms with Crippen LogP contribution in [-0.2, 0) is 0 Å². The summed E-state index contributed by atoms with van der Waals surface area (Å²) in [6, 6.07) is 17.8. The first kappa shape index (κ1) is 13.8. The van der Waals surface area contributed by atoms with Crippen molar-refractivity contribution >= 4 is 0 Å². The van der Waals surface area contributed by atoms with Crippen LogP contribution in [0.3, 0.4) is 0 Å². The number of benzene rings is 2. The van der Waals surface area contributed by atoms with E-state index in [0.717, 1.165) is 13.0 Å². The van der Waals surface area contributed by atoms with Crippen molar-refractivity contribution in [3.05, 3.63) is 59.7 Å². The lowest BCUT2D eigenvalue weighted by Gasteiger charge is -2.18. The summed E-state index contributed by atoms with van der Waals surface area (Å²) < 4.78 is 0. The fourth-order valence-corrected chi connectivity index (χ4v) is 2.34. The van der Waals surface area contributed by atoms with Gasteiger partial charge < -0.3 is 5.32 Å². The van der Waals surface area contributed by atoms with Crippen molar-refractivity contribution in [3.63, 3.8) is 0 Å². The molecule has 0 aliphatic carbocycles. The maximum Gasteiger partial charge on any atom is 0.0297 e. The fourth-order valence-electron chi connectivity index (χ4n) is 2.34. The molecule has 0 saturated carbocycles. The van der Waals surface area contributed by atoms with Gasteiger partial charge in [0.2, 0.25) is 0 Å². The van der Waals surface area contributed by atoms with Crippen LogP contribution in [0.5, 0.6) is 0 Å². The van der Waals surface area contributed by atoms with Crippen molar-refractivity contribution in [2.24, 2.45) is 0 Å². The summed E-state index contributed by atoms with van der Waals surface area (Å²) >= 11 is 0. The number of aryl methyl sites for hydroxylation is 1. The van der Waals surface area contributed by atoms with Gasteiger partial charge in [-0.05, 0) is 43.5 Å². The average Bonchev–Trinajstić information content (AvgIpc) is 2.45. The quantitative estimate of drug-likeness (QED) is 0.812.